The van der Waals surface area contributed by atoms with Gasteiger partial charge in [0, 0.05) is 48.9 Å². The molecule has 9 nitrogen and oxygen atoms in total. The van der Waals surface area contributed by atoms with Crippen molar-refractivity contribution in [3.05, 3.63) is 95.6 Å². The molecule has 0 aliphatic carbocycles. The summed E-state index contributed by atoms with van der Waals surface area (Å²) in [5.41, 5.74) is 1.85. The van der Waals surface area contributed by atoms with Gasteiger partial charge >= 0.3 is 0 Å². The first kappa shape index (κ1) is 33.0. The standard InChI is InChI=1S/C36H43FN4O5Si/c1-25-34(47(2,3)37)31(21-32(43)39(18-19-42)23-26-10-5-4-6-11-26)46-36(25)29-14-7-8-15-30(29)41(35(36)45)24-27-12-9-13-28(20-27)40-17-16-38-22-33(40)44/h4-15,20,25,31,34,38,42H,16-19,21-24H2,1-3H3/t25-,31+,34-,36+/m1/s1. The number of para-hydroxylation sites is 1. The van der Waals surface area contributed by atoms with E-state index >= 15 is 4.11 Å². The maximum Gasteiger partial charge on any atom is 0.264 e. The van der Waals surface area contributed by atoms with Crippen molar-refractivity contribution in [3.8, 4) is 0 Å². The molecule has 3 heterocycles. The van der Waals surface area contributed by atoms with Gasteiger partial charge < -0.3 is 34.0 Å². The minimum Gasteiger partial charge on any atom is -0.395 e. The van der Waals surface area contributed by atoms with Crippen LogP contribution in [0.4, 0.5) is 15.5 Å². The Labute approximate surface area is 276 Å². The number of carbonyl (C=O) groups is 3. The minimum absolute atomic E-state index is 0.00548. The zero-order valence-electron chi connectivity index (χ0n) is 27.2. The number of piperazine rings is 1. The van der Waals surface area contributed by atoms with Gasteiger partial charge in [0.1, 0.15) is 0 Å². The topological polar surface area (TPSA) is 102 Å². The molecule has 6 rings (SSSR count). The Morgan fingerprint density at radius 3 is 2.51 bits per heavy atom. The summed E-state index contributed by atoms with van der Waals surface area (Å²) in [6.07, 6.45) is -0.916. The Kier molecular flexibility index (Phi) is 9.35. The van der Waals surface area contributed by atoms with Gasteiger partial charge in [0.2, 0.25) is 20.2 Å². The van der Waals surface area contributed by atoms with Crippen LogP contribution in [0.25, 0.3) is 0 Å². The van der Waals surface area contributed by atoms with Crippen LogP contribution >= 0.6 is 0 Å². The van der Waals surface area contributed by atoms with Crippen molar-refractivity contribution >= 4 is 37.5 Å². The molecule has 47 heavy (non-hydrogen) atoms. The molecule has 3 aromatic rings. The van der Waals surface area contributed by atoms with E-state index in [9.17, 15) is 19.5 Å². The van der Waals surface area contributed by atoms with Gasteiger partial charge in [-0.2, -0.15) is 0 Å². The zero-order valence-corrected chi connectivity index (χ0v) is 28.2. The van der Waals surface area contributed by atoms with Crippen LogP contribution in [-0.2, 0) is 37.8 Å². The van der Waals surface area contributed by atoms with Crippen LogP contribution in [0.1, 0.15) is 30.0 Å². The fraction of sp³-hybridized carbons (Fsp3) is 0.417. The summed E-state index contributed by atoms with van der Waals surface area (Å²) in [4.78, 5) is 46.1. The zero-order chi connectivity index (χ0) is 33.3. The Bertz CT molecular complexity index is 1630. The predicted octanol–water partition coefficient (Wildman–Crippen LogP) is 4.36. The number of hydrogen-bond donors (Lipinski definition) is 2. The lowest BCUT2D eigenvalue weighted by Crippen LogP contribution is -2.48. The second kappa shape index (κ2) is 13.3. The molecular weight excluding hydrogens is 616 g/mol. The van der Waals surface area contributed by atoms with Crippen molar-refractivity contribution in [2.45, 2.75) is 56.8 Å². The first-order valence-electron chi connectivity index (χ1n) is 16.4. The monoisotopic (exact) mass is 658 g/mol. The average molecular weight is 659 g/mol. The summed E-state index contributed by atoms with van der Waals surface area (Å²) in [5.74, 6) is -1.07. The van der Waals surface area contributed by atoms with E-state index in [1.54, 1.807) is 27.8 Å². The molecule has 3 aromatic carbocycles. The van der Waals surface area contributed by atoms with E-state index < -0.39 is 31.6 Å². The first-order valence-corrected chi connectivity index (χ1v) is 19.3. The molecule has 0 saturated carbocycles. The molecule has 248 valence electrons. The summed E-state index contributed by atoms with van der Waals surface area (Å²) in [6, 6.07) is 24.7. The number of amides is 3. The van der Waals surface area contributed by atoms with Gasteiger partial charge in [0.15, 0.2) is 5.60 Å². The quantitative estimate of drug-likeness (QED) is 0.248. The molecule has 11 heteroatoms. The van der Waals surface area contributed by atoms with Gasteiger partial charge in [-0.25, -0.2) is 0 Å². The lowest BCUT2D eigenvalue weighted by atomic mass is 9.82. The minimum atomic E-state index is -3.48. The van der Waals surface area contributed by atoms with E-state index in [0.717, 1.165) is 16.8 Å². The van der Waals surface area contributed by atoms with E-state index in [1.165, 1.54) is 0 Å². The highest BCUT2D eigenvalue weighted by atomic mass is 28.4. The third kappa shape index (κ3) is 6.25. The van der Waals surface area contributed by atoms with Crippen molar-refractivity contribution in [1.29, 1.82) is 0 Å². The number of fused-ring (bicyclic) bond motifs is 2. The van der Waals surface area contributed by atoms with Gasteiger partial charge in [-0.05, 0) is 42.4 Å². The number of nitrogens with one attached hydrogen (secondary N) is 1. The predicted molar refractivity (Wildman–Crippen MR) is 181 cm³/mol. The lowest BCUT2D eigenvalue weighted by molar-refractivity contribution is -0.150. The van der Waals surface area contributed by atoms with E-state index in [1.807, 2.05) is 85.8 Å². The van der Waals surface area contributed by atoms with Gasteiger partial charge in [0.25, 0.3) is 5.91 Å². The maximum absolute atomic E-state index is 16.3. The summed E-state index contributed by atoms with van der Waals surface area (Å²) in [5, 5.41) is 12.9. The van der Waals surface area contributed by atoms with Crippen molar-refractivity contribution < 1.29 is 28.3 Å². The van der Waals surface area contributed by atoms with E-state index in [2.05, 4.69) is 5.32 Å². The fourth-order valence-electron chi connectivity index (χ4n) is 7.76. The molecule has 2 saturated heterocycles. The largest absolute Gasteiger partial charge is 0.395 e. The van der Waals surface area contributed by atoms with Crippen LogP contribution in [0.2, 0.25) is 18.6 Å². The van der Waals surface area contributed by atoms with Crippen molar-refractivity contribution in [3.63, 3.8) is 0 Å². The molecule has 3 aliphatic heterocycles. The Morgan fingerprint density at radius 2 is 1.79 bits per heavy atom. The number of anilines is 2. The van der Waals surface area contributed by atoms with Crippen molar-refractivity contribution in [2.75, 3.05) is 42.6 Å². The molecule has 0 radical (unpaired) electrons. The Balaban J connectivity index is 1.30. The number of aliphatic hydroxyl groups excluding tert-OH is 1. The Morgan fingerprint density at radius 1 is 1.06 bits per heavy atom. The third-order valence-electron chi connectivity index (χ3n) is 9.84. The van der Waals surface area contributed by atoms with E-state index in [4.69, 9.17) is 4.74 Å². The number of ether oxygens (including phenoxy) is 1. The summed E-state index contributed by atoms with van der Waals surface area (Å²) >= 11 is 0. The number of hydrogen-bond acceptors (Lipinski definition) is 6. The highest BCUT2D eigenvalue weighted by Gasteiger charge is 2.67. The molecule has 4 atom stereocenters. The molecule has 3 amide bonds. The molecule has 0 aromatic heterocycles. The van der Waals surface area contributed by atoms with Gasteiger partial charge in [0.05, 0.1) is 37.9 Å². The van der Waals surface area contributed by atoms with Crippen LogP contribution in [-0.4, -0.2) is 75.0 Å². The second-order valence-corrected chi connectivity index (χ2v) is 17.1. The van der Waals surface area contributed by atoms with Crippen molar-refractivity contribution in [1.82, 2.24) is 10.2 Å². The molecular formula is C36H43FN4O5Si. The summed E-state index contributed by atoms with van der Waals surface area (Å²) < 4.78 is 23.1. The van der Waals surface area contributed by atoms with Crippen LogP contribution in [0.3, 0.4) is 0 Å². The number of aliphatic hydroxyl groups is 1. The highest BCUT2D eigenvalue weighted by Crippen LogP contribution is 2.60. The molecule has 3 aliphatic rings. The second-order valence-electron chi connectivity index (χ2n) is 13.3. The van der Waals surface area contributed by atoms with Gasteiger partial charge in [-0.3, -0.25) is 14.4 Å². The summed E-state index contributed by atoms with van der Waals surface area (Å²) in [6.45, 7) is 7.15. The molecule has 2 N–H and O–H groups in total. The van der Waals surface area contributed by atoms with Crippen LogP contribution < -0.4 is 15.1 Å². The smallest absolute Gasteiger partial charge is 0.264 e. The van der Waals surface area contributed by atoms with Crippen LogP contribution in [0.5, 0.6) is 0 Å². The average Bonchev–Trinajstić information content (AvgIpc) is 3.48. The SMILES string of the molecule is C[C@@H]1[C@@H]([Si](C)(C)F)[C@H](CC(=O)N(CCO)Cc2ccccc2)O[C@@]12C(=O)N(Cc1cccc(N3CCNCC3=O)c1)c1ccccc12. The molecule has 1 spiro atoms. The summed E-state index contributed by atoms with van der Waals surface area (Å²) in [7, 11) is -3.48. The van der Waals surface area contributed by atoms with Crippen LogP contribution in [0.15, 0.2) is 78.9 Å². The van der Waals surface area contributed by atoms with Crippen LogP contribution in [0, 0.1) is 5.92 Å². The number of rotatable bonds is 10. The lowest BCUT2D eigenvalue weighted by Gasteiger charge is -2.31. The van der Waals surface area contributed by atoms with E-state index in [0.29, 0.717) is 30.9 Å². The van der Waals surface area contributed by atoms with Gasteiger partial charge in [-0.1, -0.05) is 67.6 Å². The van der Waals surface area contributed by atoms with Gasteiger partial charge in [-0.15, -0.1) is 0 Å². The highest BCUT2D eigenvalue weighted by molar-refractivity contribution is 6.72. The number of carbonyl (C=O) groups excluding carboxylic acids is 3. The number of halogens is 1. The number of benzene rings is 3. The maximum atomic E-state index is 16.3. The molecule has 2 fully saturated rings. The van der Waals surface area contributed by atoms with Crippen molar-refractivity contribution in [2.24, 2.45) is 5.92 Å². The number of nitrogens with zero attached hydrogens (tertiary/aromatic N) is 3. The Hall–Kier alpha value is -3.90. The normalized spacial score (nSPS) is 24.2. The fourth-order valence-corrected chi connectivity index (χ4v) is 10.3. The molecule has 0 unspecified atom stereocenters. The third-order valence-corrected chi connectivity index (χ3v) is 12.3. The first-order chi connectivity index (χ1) is 22.5. The molecule has 0 bridgehead atoms. The van der Waals surface area contributed by atoms with E-state index in [-0.39, 0.29) is 50.4 Å².